The summed E-state index contributed by atoms with van der Waals surface area (Å²) in [4.78, 5) is 21.3. The molecular weight excluding hydrogens is 383 g/mol. The van der Waals surface area contributed by atoms with Crippen molar-refractivity contribution in [3.8, 4) is 0 Å². The highest BCUT2D eigenvalue weighted by atomic mass is 35.5. The molecule has 0 amide bonds. The van der Waals surface area contributed by atoms with Gasteiger partial charge < -0.3 is 4.57 Å². The second-order valence-electron chi connectivity index (χ2n) is 6.70. The normalized spacial score (nSPS) is 11.0. The summed E-state index contributed by atoms with van der Waals surface area (Å²) in [5, 5.41) is 0. The van der Waals surface area contributed by atoms with E-state index in [1.807, 2.05) is 13.0 Å². The van der Waals surface area contributed by atoms with Crippen molar-refractivity contribution in [1.82, 2.24) is 14.5 Å². The maximum atomic E-state index is 13.8. The Balaban J connectivity index is 1.82. The molecule has 0 spiro atoms. The third kappa shape index (κ3) is 4.47. The summed E-state index contributed by atoms with van der Waals surface area (Å²) in [6, 6.07) is 5.49. The molecule has 0 saturated carbocycles. The first-order chi connectivity index (χ1) is 13.4. The molecular formula is C20H19BClF2N3O. The Bertz CT molecular complexity index is 1050. The molecule has 0 atom stereocenters. The number of benzene rings is 1. The van der Waals surface area contributed by atoms with E-state index in [0.717, 1.165) is 17.3 Å². The first kappa shape index (κ1) is 20.2. The van der Waals surface area contributed by atoms with Gasteiger partial charge in [0.1, 0.15) is 19.5 Å². The molecule has 8 heteroatoms. The molecule has 144 valence electrons. The van der Waals surface area contributed by atoms with Crippen molar-refractivity contribution in [2.75, 3.05) is 0 Å². The van der Waals surface area contributed by atoms with Crippen LogP contribution in [0.2, 0.25) is 0 Å². The highest BCUT2D eigenvalue weighted by Gasteiger charge is 2.12. The summed E-state index contributed by atoms with van der Waals surface area (Å²) < 4.78 is 28.5. The van der Waals surface area contributed by atoms with Crippen molar-refractivity contribution in [1.29, 1.82) is 0 Å². The minimum atomic E-state index is -0.599. The Morgan fingerprint density at radius 3 is 2.39 bits per heavy atom. The summed E-state index contributed by atoms with van der Waals surface area (Å²) in [5.74, 6) is -0.880. The van der Waals surface area contributed by atoms with Crippen LogP contribution in [0, 0.1) is 18.6 Å². The summed E-state index contributed by atoms with van der Waals surface area (Å²) in [6.45, 7) is 2.16. The van der Waals surface area contributed by atoms with Crippen LogP contribution in [0.25, 0.3) is 0 Å². The van der Waals surface area contributed by atoms with Gasteiger partial charge in [-0.05, 0) is 48.5 Å². The lowest BCUT2D eigenvalue weighted by Gasteiger charge is -2.15. The molecule has 2 aromatic heterocycles. The topological polar surface area (TPSA) is 47.8 Å². The number of hydrogen-bond acceptors (Lipinski definition) is 3. The average Bonchev–Trinajstić information content (AvgIpc) is 2.68. The zero-order valence-electron chi connectivity index (χ0n) is 15.7. The number of aromatic nitrogens is 3. The van der Waals surface area contributed by atoms with Crippen LogP contribution in [0.5, 0.6) is 0 Å². The lowest BCUT2D eigenvalue weighted by molar-refractivity contribution is 0.571. The first-order valence-electron chi connectivity index (χ1n) is 8.88. The second-order valence-corrected chi connectivity index (χ2v) is 6.96. The Labute approximate surface area is 167 Å². The fraction of sp³-hybridized carbons (Fsp3) is 0.250. The van der Waals surface area contributed by atoms with Gasteiger partial charge >= 0.3 is 0 Å². The number of halogens is 3. The van der Waals surface area contributed by atoms with Crippen molar-refractivity contribution in [3.63, 3.8) is 0 Å². The van der Waals surface area contributed by atoms with Crippen LogP contribution in [0.3, 0.4) is 0 Å². The Kier molecular flexibility index (Phi) is 6.24. The van der Waals surface area contributed by atoms with Crippen LogP contribution in [-0.2, 0) is 25.3 Å². The predicted octanol–water partition coefficient (Wildman–Crippen LogP) is 2.06. The Morgan fingerprint density at radius 1 is 1.07 bits per heavy atom. The van der Waals surface area contributed by atoms with E-state index in [4.69, 9.17) is 11.6 Å². The lowest BCUT2D eigenvalue weighted by Crippen LogP contribution is -2.38. The SMILES string of the molecule is Bc1c(CCc2ccc(F)cc2F)cc(C)n(Cc2cnc(CCl)cn2)c1=O. The van der Waals surface area contributed by atoms with E-state index in [1.165, 1.54) is 12.1 Å². The largest absolute Gasteiger partial charge is 0.307 e. The predicted molar refractivity (Wildman–Crippen MR) is 108 cm³/mol. The van der Waals surface area contributed by atoms with Crippen LogP contribution >= 0.6 is 11.6 Å². The number of nitrogens with zero attached hydrogens (tertiary/aromatic N) is 3. The quantitative estimate of drug-likeness (QED) is 0.469. The second kappa shape index (κ2) is 8.65. The van der Waals surface area contributed by atoms with E-state index in [9.17, 15) is 13.6 Å². The molecule has 0 saturated heterocycles. The molecule has 4 nitrogen and oxygen atoms in total. The van der Waals surface area contributed by atoms with Crippen LogP contribution in [0.1, 0.15) is 28.2 Å². The number of pyridine rings is 1. The van der Waals surface area contributed by atoms with E-state index in [-0.39, 0.29) is 11.4 Å². The summed E-state index contributed by atoms with van der Waals surface area (Å²) in [6.07, 6.45) is 4.10. The third-order valence-electron chi connectivity index (χ3n) is 4.75. The molecule has 2 heterocycles. The van der Waals surface area contributed by atoms with E-state index >= 15 is 0 Å². The smallest absolute Gasteiger partial charge is 0.244 e. The van der Waals surface area contributed by atoms with Crippen molar-refractivity contribution in [3.05, 3.63) is 86.9 Å². The maximum absolute atomic E-state index is 13.8. The van der Waals surface area contributed by atoms with Gasteiger partial charge in [-0.1, -0.05) is 6.07 Å². The molecule has 1 aromatic carbocycles. The van der Waals surface area contributed by atoms with Gasteiger partial charge in [0.15, 0.2) is 0 Å². The molecule has 0 radical (unpaired) electrons. The molecule has 0 unspecified atom stereocenters. The van der Waals surface area contributed by atoms with Crippen LogP contribution < -0.4 is 11.0 Å². The van der Waals surface area contributed by atoms with Crippen LogP contribution in [0.4, 0.5) is 8.78 Å². The van der Waals surface area contributed by atoms with Gasteiger partial charge in [-0.2, -0.15) is 0 Å². The zero-order valence-corrected chi connectivity index (χ0v) is 16.4. The molecule has 0 aliphatic heterocycles. The van der Waals surface area contributed by atoms with E-state index < -0.39 is 11.6 Å². The summed E-state index contributed by atoms with van der Waals surface area (Å²) >= 11 is 5.72. The molecule has 0 N–H and O–H groups in total. The zero-order chi connectivity index (χ0) is 20.3. The highest BCUT2D eigenvalue weighted by molar-refractivity contribution is 6.33. The summed E-state index contributed by atoms with van der Waals surface area (Å²) in [5.41, 5.74) is 3.90. The molecule has 0 fully saturated rings. The number of aryl methyl sites for hydroxylation is 3. The average molecular weight is 402 g/mol. The first-order valence-corrected chi connectivity index (χ1v) is 9.42. The van der Waals surface area contributed by atoms with Gasteiger partial charge in [-0.3, -0.25) is 14.8 Å². The van der Waals surface area contributed by atoms with Crippen molar-refractivity contribution < 1.29 is 8.78 Å². The van der Waals surface area contributed by atoms with Crippen molar-refractivity contribution >= 4 is 24.9 Å². The van der Waals surface area contributed by atoms with E-state index in [1.54, 1.807) is 24.8 Å². The molecule has 3 rings (SSSR count). The minimum absolute atomic E-state index is 0.113. The van der Waals surface area contributed by atoms with Crippen molar-refractivity contribution in [2.45, 2.75) is 32.2 Å². The number of hydrogen-bond donors (Lipinski definition) is 0. The van der Waals surface area contributed by atoms with Crippen molar-refractivity contribution in [2.24, 2.45) is 0 Å². The molecule has 0 aliphatic carbocycles. The van der Waals surface area contributed by atoms with E-state index in [2.05, 4.69) is 9.97 Å². The molecule has 28 heavy (non-hydrogen) atoms. The number of alkyl halides is 1. The third-order valence-corrected chi connectivity index (χ3v) is 5.02. The van der Waals surface area contributed by atoms with E-state index in [0.29, 0.717) is 41.8 Å². The van der Waals surface area contributed by atoms with Gasteiger partial charge in [0.25, 0.3) is 0 Å². The molecule has 0 bridgehead atoms. The number of rotatable bonds is 6. The summed E-state index contributed by atoms with van der Waals surface area (Å²) in [7, 11) is 1.76. The van der Waals surface area contributed by atoms with Gasteiger partial charge in [-0.15, -0.1) is 11.6 Å². The van der Waals surface area contributed by atoms with Crippen LogP contribution in [-0.4, -0.2) is 22.4 Å². The Hall–Kier alpha value is -2.54. The van der Waals surface area contributed by atoms with Crippen LogP contribution in [0.15, 0.2) is 41.5 Å². The monoisotopic (exact) mass is 401 g/mol. The Morgan fingerprint density at radius 2 is 1.75 bits per heavy atom. The minimum Gasteiger partial charge on any atom is -0.307 e. The fourth-order valence-corrected chi connectivity index (χ4v) is 3.22. The van der Waals surface area contributed by atoms with Gasteiger partial charge in [-0.25, -0.2) is 8.78 Å². The van der Waals surface area contributed by atoms with Gasteiger partial charge in [0.2, 0.25) is 5.56 Å². The van der Waals surface area contributed by atoms with Gasteiger partial charge in [0, 0.05) is 18.0 Å². The fourth-order valence-electron chi connectivity index (χ4n) is 3.08. The molecule has 0 aliphatic rings. The van der Waals surface area contributed by atoms with Gasteiger partial charge in [0.05, 0.1) is 30.0 Å². The molecule has 3 aromatic rings. The maximum Gasteiger partial charge on any atom is 0.244 e. The standard InChI is InChI=1S/C20H19BClF2N3O/c1-12-6-14(3-2-13-4-5-15(23)7-18(13)24)19(21)20(28)27(12)11-17-10-25-16(8-22)9-26-17/h4-7,9-10H,2-3,8,11,21H2,1H3. The highest BCUT2D eigenvalue weighted by Crippen LogP contribution is 2.13. The lowest BCUT2D eigenvalue weighted by atomic mass is 9.88.